The average molecular weight is 225 g/mol. The second-order valence-corrected chi connectivity index (χ2v) is 4.15. The summed E-state index contributed by atoms with van der Waals surface area (Å²) in [5, 5.41) is 3.67. The summed E-state index contributed by atoms with van der Waals surface area (Å²) >= 11 is 7.37. The fraction of sp³-hybridized carbons (Fsp3) is 0.200. The lowest BCUT2D eigenvalue weighted by molar-refractivity contribution is 1.06. The van der Waals surface area contributed by atoms with Gasteiger partial charge in [0.1, 0.15) is 5.01 Å². The van der Waals surface area contributed by atoms with Crippen LogP contribution in [0.15, 0.2) is 23.7 Å². The third kappa shape index (κ3) is 1.94. The van der Waals surface area contributed by atoms with Gasteiger partial charge in [0.05, 0.1) is 16.4 Å². The maximum Gasteiger partial charge on any atom is 0.142 e. The summed E-state index contributed by atoms with van der Waals surface area (Å²) in [6, 6.07) is 3.72. The molecule has 4 heteroatoms. The number of nitrogens with zero attached hydrogens (tertiary/aromatic N) is 2. The number of thiazole rings is 1. The molecule has 0 aliphatic heterocycles. The van der Waals surface area contributed by atoms with Crippen molar-refractivity contribution in [2.75, 3.05) is 0 Å². The molecule has 0 aliphatic carbocycles. The summed E-state index contributed by atoms with van der Waals surface area (Å²) in [5.74, 6) is 0. The van der Waals surface area contributed by atoms with Crippen LogP contribution in [0.2, 0.25) is 5.02 Å². The summed E-state index contributed by atoms with van der Waals surface area (Å²) in [6.45, 7) is 2.09. The van der Waals surface area contributed by atoms with E-state index in [2.05, 4.69) is 22.3 Å². The van der Waals surface area contributed by atoms with E-state index in [0.29, 0.717) is 5.02 Å². The number of halogens is 1. The van der Waals surface area contributed by atoms with Crippen LogP contribution in [-0.4, -0.2) is 9.97 Å². The molecule has 2 heterocycles. The molecular weight excluding hydrogens is 216 g/mol. The first-order valence-corrected chi connectivity index (χ1v) is 5.61. The van der Waals surface area contributed by atoms with Gasteiger partial charge in [-0.1, -0.05) is 18.5 Å². The topological polar surface area (TPSA) is 25.8 Å². The van der Waals surface area contributed by atoms with Crippen molar-refractivity contribution in [1.29, 1.82) is 0 Å². The minimum atomic E-state index is 0.654. The van der Waals surface area contributed by atoms with Crippen molar-refractivity contribution in [1.82, 2.24) is 9.97 Å². The van der Waals surface area contributed by atoms with E-state index in [0.717, 1.165) is 22.8 Å². The maximum atomic E-state index is 5.75. The van der Waals surface area contributed by atoms with Crippen LogP contribution in [0, 0.1) is 0 Å². The molecule has 2 rings (SSSR count). The molecule has 0 aromatic carbocycles. The molecule has 14 heavy (non-hydrogen) atoms. The quantitative estimate of drug-likeness (QED) is 0.781. The Morgan fingerprint density at radius 3 is 2.86 bits per heavy atom. The Balaban J connectivity index is 2.34. The smallest absolute Gasteiger partial charge is 0.142 e. The van der Waals surface area contributed by atoms with Gasteiger partial charge in [-0.15, -0.1) is 11.3 Å². The Morgan fingerprint density at radius 1 is 1.43 bits per heavy atom. The van der Waals surface area contributed by atoms with E-state index in [1.54, 1.807) is 17.5 Å². The first kappa shape index (κ1) is 9.62. The molecule has 0 N–H and O–H groups in total. The number of rotatable bonds is 2. The molecular formula is C10H9ClN2S. The van der Waals surface area contributed by atoms with Crippen LogP contribution in [0.25, 0.3) is 10.7 Å². The minimum Gasteiger partial charge on any atom is -0.252 e. The first-order valence-electron chi connectivity index (χ1n) is 4.36. The van der Waals surface area contributed by atoms with Crippen LogP contribution < -0.4 is 0 Å². The molecule has 0 spiro atoms. The zero-order valence-electron chi connectivity index (χ0n) is 7.70. The number of pyridine rings is 1. The number of aryl methyl sites for hydroxylation is 1. The molecule has 0 bridgehead atoms. The highest BCUT2D eigenvalue weighted by Crippen LogP contribution is 2.22. The van der Waals surface area contributed by atoms with Gasteiger partial charge in [-0.2, -0.15) is 0 Å². The molecule has 0 saturated heterocycles. The molecule has 0 amide bonds. The third-order valence-corrected chi connectivity index (χ3v) is 3.00. The predicted molar refractivity (Wildman–Crippen MR) is 59.7 cm³/mol. The number of hydrogen-bond donors (Lipinski definition) is 0. The SMILES string of the molecule is CCc1csc(-c2ccc(Cl)cn2)n1. The Labute approximate surface area is 91.6 Å². The molecule has 0 aliphatic rings. The molecule has 0 fully saturated rings. The van der Waals surface area contributed by atoms with Gasteiger partial charge in [0.25, 0.3) is 0 Å². The molecule has 0 radical (unpaired) electrons. The van der Waals surface area contributed by atoms with Crippen molar-refractivity contribution < 1.29 is 0 Å². The Bertz CT molecular complexity index is 422. The zero-order valence-corrected chi connectivity index (χ0v) is 9.27. The molecule has 2 nitrogen and oxygen atoms in total. The second kappa shape index (κ2) is 4.07. The van der Waals surface area contributed by atoms with Crippen LogP contribution in [0.1, 0.15) is 12.6 Å². The Hall–Kier alpha value is -0.930. The summed E-state index contributed by atoms with van der Waals surface area (Å²) in [6.07, 6.45) is 2.61. The van der Waals surface area contributed by atoms with Gasteiger partial charge >= 0.3 is 0 Å². The van der Waals surface area contributed by atoms with Gasteiger partial charge in [0.2, 0.25) is 0 Å². The molecule has 0 unspecified atom stereocenters. The standard InChI is InChI=1S/C10H9ClN2S/c1-2-8-6-14-10(13-8)9-4-3-7(11)5-12-9/h3-6H,2H2,1H3. The average Bonchev–Trinajstić information content (AvgIpc) is 2.67. The Morgan fingerprint density at radius 2 is 2.29 bits per heavy atom. The summed E-state index contributed by atoms with van der Waals surface area (Å²) in [7, 11) is 0. The van der Waals surface area contributed by atoms with Gasteiger partial charge in [0, 0.05) is 11.6 Å². The van der Waals surface area contributed by atoms with Crippen molar-refractivity contribution in [3.63, 3.8) is 0 Å². The summed E-state index contributed by atoms with van der Waals surface area (Å²) in [5.41, 5.74) is 2.00. The highest BCUT2D eigenvalue weighted by molar-refractivity contribution is 7.13. The van der Waals surface area contributed by atoms with Gasteiger partial charge in [-0.3, -0.25) is 4.98 Å². The lowest BCUT2D eigenvalue weighted by atomic mass is 10.3. The first-order chi connectivity index (χ1) is 6.79. The van der Waals surface area contributed by atoms with E-state index in [4.69, 9.17) is 11.6 Å². The Kier molecular flexibility index (Phi) is 2.79. The second-order valence-electron chi connectivity index (χ2n) is 2.86. The van der Waals surface area contributed by atoms with E-state index in [9.17, 15) is 0 Å². The van der Waals surface area contributed by atoms with Crippen LogP contribution in [0.4, 0.5) is 0 Å². The van der Waals surface area contributed by atoms with Gasteiger partial charge in [-0.05, 0) is 18.6 Å². The zero-order chi connectivity index (χ0) is 9.97. The fourth-order valence-electron chi connectivity index (χ4n) is 1.09. The lowest BCUT2D eigenvalue weighted by Gasteiger charge is -1.94. The van der Waals surface area contributed by atoms with Crippen molar-refractivity contribution in [2.24, 2.45) is 0 Å². The van der Waals surface area contributed by atoms with E-state index < -0.39 is 0 Å². The van der Waals surface area contributed by atoms with E-state index in [-0.39, 0.29) is 0 Å². The highest BCUT2D eigenvalue weighted by atomic mass is 35.5. The number of aromatic nitrogens is 2. The minimum absolute atomic E-state index is 0.654. The summed E-state index contributed by atoms with van der Waals surface area (Å²) in [4.78, 5) is 8.65. The van der Waals surface area contributed by atoms with Gasteiger partial charge < -0.3 is 0 Å². The van der Waals surface area contributed by atoms with Gasteiger partial charge in [0.15, 0.2) is 0 Å². The number of hydrogen-bond acceptors (Lipinski definition) is 3. The van der Waals surface area contributed by atoms with Crippen molar-refractivity contribution in [2.45, 2.75) is 13.3 Å². The van der Waals surface area contributed by atoms with E-state index in [1.807, 2.05) is 12.1 Å². The monoisotopic (exact) mass is 224 g/mol. The van der Waals surface area contributed by atoms with Crippen LogP contribution >= 0.6 is 22.9 Å². The lowest BCUT2D eigenvalue weighted by Crippen LogP contribution is -1.83. The molecule has 72 valence electrons. The van der Waals surface area contributed by atoms with Crippen LogP contribution in [0.3, 0.4) is 0 Å². The maximum absolute atomic E-state index is 5.75. The predicted octanol–water partition coefficient (Wildman–Crippen LogP) is 3.42. The fourth-order valence-corrected chi connectivity index (χ4v) is 2.08. The highest BCUT2D eigenvalue weighted by Gasteiger charge is 2.04. The molecule has 2 aromatic rings. The van der Waals surface area contributed by atoms with Gasteiger partial charge in [-0.25, -0.2) is 4.98 Å². The van der Waals surface area contributed by atoms with Crippen molar-refractivity contribution in [3.05, 3.63) is 34.4 Å². The van der Waals surface area contributed by atoms with Crippen molar-refractivity contribution >= 4 is 22.9 Å². The normalized spacial score (nSPS) is 10.4. The molecule has 0 atom stereocenters. The van der Waals surface area contributed by atoms with Crippen LogP contribution in [0.5, 0.6) is 0 Å². The molecule has 2 aromatic heterocycles. The van der Waals surface area contributed by atoms with Crippen LogP contribution in [-0.2, 0) is 6.42 Å². The molecule has 0 saturated carbocycles. The largest absolute Gasteiger partial charge is 0.252 e. The van der Waals surface area contributed by atoms with Crippen molar-refractivity contribution in [3.8, 4) is 10.7 Å². The van der Waals surface area contributed by atoms with E-state index >= 15 is 0 Å². The van der Waals surface area contributed by atoms with E-state index in [1.165, 1.54) is 0 Å². The summed E-state index contributed by atoms with van der Waals surface area (Å²) < 4.78 is 0. The third-order valence-electron chi connectivity index (χ3n) is 1.86.